The summed E-state index contributed by atoms with van der Waals surface area (Å²) in [7, 11) is 0. The van der Waals surface area contributed by atoms with Crippen LogP contribution in [-0.2, 0) is 0 Å². The van der Waals surface area contributed by atoms with E-state index in [-0.39, 0.29) is 0 Å². The maximum atomic E-state index is 6.55. The van der Waals surface area contributed by atoms with E-state index in [1.165, 1.54) is 75.2 Å². The number of hydrogen-bond acceptors (Lipinski definition) is 2. The van der Waals surface area contributed by atoms with Gasteiger partial charge in [-0.1, -0.05) is 91.0 Å². The lowest BCUT2D eigenvalue weighted by molar-refractivity contribution is 0.673. The molecule has 0 saturated heterocycles. The fourth-order valence-electron chi connectivity index (χ4n) is 7.79. The molecule has 0 bridgehead atoms. The van der Waals surface area contributed by atoms with Gasteiger partial charge >= 0.3 is 0 Å². The molecule has 10 aromatic rings. The molecule has 0 radical (unpaired) electrons. The van der Waals surface area contributed by atoms with Crippen molar-refractivity contribution in [2.45, 2.75) is 0 Å². The van der Waals surface area contributed by atoms with Gasteiger partial charge in [0, 0.05) is 47.3 Å². The number of nitrogens with zero attached hydrogens (tertiary/aromatic N) is 1. The minimum Gasteiger partial charge on any atom is -0.455 e. The van der Waals surface area contributed by atoms with Crippen LogP contribution in [0.15, 0.2) is 132 Å². The van der Waals surface area contributed by atoms with Crippen molar-refractivity contribution in [2.24, 2.45) is 0 Å². The Bertz CT molecular complexity index is 2840. The molecule has 198 valence electrons. The van der Waals surface area contributed by atoms with Gasteiger partial charge in [-0.25, -0.2) is 0 Å². The zero-order valence-electron chi connectivity index (χ0n) is 22.9. The Morgan fingerprint density at radius 1 is 0.465 bits per heavy atom. The standard InChI is InChI=1S/C40H21NOS/c1-4-13-31-29(10-1)38-33(21-19-26-22-8-2-5-14-34(22)42-39(26)38)41(31)32-20-18-24-25-16-17-27-23-9-3-6-15-35(23)43-40(27)37(25)30-12-7-11-28(32)36(24)30/h1-21H. The van der Waals surface area contributed by atoms with E-state index in [1.807, 2.05) is 17.4 Å². The Balaban J connectivity index is 1.26. The van der Waals surface area contributed by atoms with E-state index in [0.29, 0.717) is 0 Å². The van der Waals surface area contributed by atoms with E-state index in [4.69, 9.17) is 4.42 Å². The first-order valence-corrected chi connectivity index (χ1v) is 15.5. The van der Waals surface area contributed by atoms with E-state index >= 15 is 0 Å². The molecular weight excluding hydrogens is 543 g/mol. The highest BCUT2D eigenvalue weighted by atomic mass is 32.1. The third kappa shape index (κ3) is 2.65. The lowest BCUT2D eigenvalue weighted by Crippen LogP contribution is -1.95. The van der Waals surface area contributed by atoms with Gasteiger partial charge in [0.15, 0.2) is 0 Å². The van der Waals surface area contributed by atoms with Crippen LogP contribution in [0.2, 0.25) is 0 Å². The Kier molecular flexibility index (Phi) is 3.99. The first kappa shape index (κ1) is 22.2. The Morgan fingerprint density at radius 2 is 1.23 bits per heavy atom. The van der Waals surface area contributed by atoms with Gasteiger partial charge in [0.05, 0.1) is 22.1 Å². The average molecular weight is 564 g/mol. The summed E-state index contributed by atoms with van der Waals surface area (Å²) in [5.41, 5.74) is 10.8. The van der Waals surface area contributed by atoms with Gasteiger partial charge in [-0.2, -0.15) is 0 Å². The van der Waals surface area contributed by atoms with Crippen LogP contribution in [0.5, 0.6) is 0 Å². The summed E-state index contributed by atoms with van der Waals surface area (Å²) in [6, 6.07) is 46.5. The molecule has 7 aromatic carbocycles. The number of thiophene rings is 1. The van der Waals surface area contributed by atoms with E-state index in [9.17, 15) is 0 Å². The fraction of sp³-hybridized carbons (Fsp3) is 0. The smallest absolute Gasteiger partial charge is 0.145 e. The van der Waals surface area contributed by atoms with Crippen molar-refractivity contribution >= 4 is 86.0 Å². The van der Waals surface area contributed by atoms with Crippen molar-refractivity contribution in [1.82, 2.24) is 4.57 Å². The molecule has 0 atom stereocenters. The molecule has 2 nitrogen and oxygen atoms in total. The zero-order chi connectivity index (χ0) is 27.8. The third-order valence-corrected chi connectivity index (χ3v) is 10.7. The maximum absolute atomic E-state index is 6.55. The van der Waals surface area contributed by atoms with Crippen LogP contribution in [0.1, 0.15) is 0 Å². The number of aromatic nitrogens is 1. The molecule has 0 aliphatic heterocycles. The molecule has 3 aromatic heterocycles. The highest BCUT2D eigenvalue weighted by Gasteiger charge is 2.27. The van der Waals surface area contributed by atoms with Gasteiger partial charge < -0.3 is 8.98 Å². The second kappa shape index (κ2) is 7.71. The van der Waals surface area contributed by atoms with Crippen LogP contribution >= 0.6 is 11.3 Å². The van der Waals surface area contributed by atoms with Crippen molar-refractivity contribution in [3.8, 4) is 27.9 Å². The summed E-state index contributed by atoms with van der Waals surface area (Å²) in [4.78, 5) is 0. The molecule has 3 heterocycles. The van der Waals surface area contributed by atoms with Gasteiger partial charge in [-0.05, 0) is 58.5 Å². The fourth-order valence-corrected chi connectivity index (χ4v) is 9.06. The number of fused-ring (bicyclic) bond motifs is 14. The monoisotopic (exact) mass is 563 g/mol. The highest BCUT2D eigenvalue weighted by Crippen LogP contribution is 2.54. The zero-order valence-corrected chi connectivity index (χ0v) is 23.7. The van der Waals surface area contributed by atoms with Crippen LogP contribution in [0, 0.1) is 0 Å². The topological polar surface area (TPSA) is 18.1 Å². The summed E-state index contributed by atoms with van der Waals surface area (Å²) >= 11 is 1.91. The van der Waals surface area contributed by atoms with Gasteiger partial charge in [-0.3, -0.25) is 0 Å². The molecule has 0 unspecified atom stereocenters. The molecule has 3 heteroatoms. The SMILES string of the molecule is c1ccc2c(c1)oc1c2ccc2c1c1ccccc1n2-c1ccc2c3c(cccc13)-c1c-2ccc2c1sc1ccccc12. The van der Waals surface area contributed by atoms with Gasteiger partial charge in [0.1, 0.15) is 11.2 Å². The summed E-state index contributed by atoms with van der Waals surface area (Å²) in [5.74, 6) is 0. The number of rotatable bonds is 1. The Hall–Kier alpha value is -5.38. The van der Waals surface area contributed by atoms with Crippen LogP contribution in [0.25, 0.3) is 103 Å². The molecule has 1 aliphatic carbocycles. The predicted octanol–water partition coefficient (Wildman–Crippen LogP) is 11.9. The first-order chi connectivity index (χ1) is 21.3. The minimum absolute atomic E-state index is 0.928. The summed E-state index contributed by atoms with van der Waals surface area (Å²) in [6.07, 6.45) is 0. The van der Waals surface area contributed by atoms with Gasteiger partial charge in [0.2, 0.25) is 0 Å². The first-order valence-electron chi connectivity index (χ1n) is 14.7. The second-order valence-corrected chi connectivity index (χ2v) is 12.7. The summed E-state index contributed by atoms with van der Waals surface area (Å²) in [6.45, 7) is 0. The quantitative estimate of drug-likeness (QED) is 0.194. The van der Waals surface area contributed by atoms with Crippen molar-refractivity contribution in [2.75, 3.05) is 0 Å². The second-order valence-electron chi connectivity index (χ2n) is 11.6. The van der Waals surface area contributed by atoms with Crippen molar-refractivity contribution in [3.63, 3.8) is 0 Å². The largest absolute Gasteiger partial charge is 0.455 e. The number of para-hydroxylation sites is 2. The summed E-state index contributed by atoms with van der Waals surface area (Å²) < 4.78 is 11.7. The Morgan fingerprint density at radius 3 is 2.19 bits per heavy atom. The molecule has 0 amide bonds. The third-order valence-electron chi connectivity index (χ3n) is 9.55. The molecule has 0 saturated carbocycles. The van der Waals surface area contributed by atoms with E-state index in [2.05, 4.69) is 126 Å². The molecule has 11 rings (SSSR count). The van der Waals surface area contributed by atoms with Gasteiger partial charge in [0.25, 0.3) is 0 Å². The summed E-state index contributed by atoms with van der Waals surface area (Å²) in [5, 5.41) is 10.0. The van der Waals surface area contributed by atoms with Crippen LogP contribution in [0.4, 0.5) is 0 Å². The van der Waals surface area contributed by atoms with Gasteiger partial charge in [-0.15, -0.1) is 11.3 Å². The average Bonchev–Trinajstić information content (AvgIpc) is 3.80. The van der Waals surface area contributed by atoms with Crippen LogP contribution in [-0.4, -0.2) is 4.57 Å². The van der Waals surface area contributed by atoms with E-state index in [0.717, 1.165) is 27.5 Å². The van der Waals surface area contributed by atoms with Crippen molar-refractivity contribution < 1.29 is 4.42 Å². The van der Waals surface area contributed by atoms with Crippen molar-refractivity contribution in [1.29, 1.82) is 0 Å². The Labute approximate surface area is 249 Å². The normalized spacial score (nSPS) is 12.7. The van der Waals surface area contributed by atoms with E-state index in [1.54, 1.807) is 0 Å². The maximum Gasteiger partial charge on any atom is 0.145 e. The molecule has 43 heavy (non-hydrogen) atoms. The van der Waals surface area contributed by atoms with Crippen LogP contribution < -0.4 is 0 Å². The number of benzene rings is 7. The van der Waals surface area contributed by atoms with E-state index < -0.39 is 0 Å². The molecule has 0 spiro atoms. The molecule has 1 aliphatic rings. The lowest BCUT2D eigenvalue weighted by Gasteiger charge is -2.13. The molecule has 0 fully saturated rings. The predicted molar refractivity (Wildman–Crippen MR) is 183 cm³/mol. The molecule has 0 N–H and O–H groups in total. The van der Waals surface area contributed by atoms with Crippen molar-refractivity contribution in [3.05, 3.63) is 127 Å². The number of furan rings is 1. The number of hydrogen-bond donors (Lipinski definition) is 0. The minimum atomic E-state index is 0.928. The highest BCUT2D eigenvalue weighted by molar-refractivity contribution is 7.26. The molecular formula is C40H21NOS. The lowest BCUT2D eigenvalue weighted by atomic mass is 10.0. The van der Waals surface area contributed by atoms with Crippen LogP contribution in [0.3, 0.4) is 0 Å².